The molecule has 0 aliphatic carbocycles. The highest BCUT2D eigenvalue weighted by atomic mass is 35.5. The topological polar surface area (TPSA) is 86.8 Å². The van der Waals surface area contributed by atoms with Crippen LogP contribution in [0.4, 0.5) is 5.69 Å². The molecule has 4 aromatic carbocycles. The van der Waals surface area contributed by atoms with Gasteiger partial charge in [-0.3, -0.25) is 13.9 Å². The van der Waals surface area contributed by atoms with Crippen molar-refractivity contribution in [3.63, 3.8) is 0 Å². The summed E-state index contributed by atoms with van der Waals surface area (Å²) in [6, 6.07) is 25.1. The highest BCUT2D eigenvalue weighted by molar-refractivity contribution is 7.92. The van der Waals surface area contributed by atoms with Crippen LogP contribution in [0.15, 0.2) is 102 Å². The molecular formula is C34H33Cl4N3O4S. The van der Waals surface area contributed by atoms with Crippen molar-refractivity contribution >= 4 is 73.9 Å². The molecule has 0 saturated heterocycles. The van der Waals surface area contributed by atoms with Crippen molar-refractivity contribution in [3.8, 4) is 0 Å². The zero-order valence-corrected chi connectivity index (χ0v) is 29.0. The van der Waals surface area contributed by atoms with Crippen LogP contribution in [0, 0.1) is 5.92 Å². The van der Waals surface area contributed by atoms with Crippen LogP contribution >= 0.6 is 46.4 Å². The molecule has 0 bridgehead atoms. The Hall–Kier alpha value is -3.27. The van der Waals surface area contributed by atoms with Gasteiger partial charge in [-0.05, 0) is 53.9 Å². The predicted molar refractivity (Wildman–Crippen MR) is 186 cm³/mol. The lowest BCUT2D eigenvalue weighted by atomic mass is 10.0. The maximum absolute atomic E-state index is 14.6. The molecule has 46 heavy (non-hydrogen) atoms. The first-order valence-corrected chi connectivity index (χ1v) is 17.4. The molecule has 0 aliphatic rings. The number of nitrogens with one attached hydrogen (secondary N) is 1. The molecule has 0 aromatic heterocycles. The minimum absolute atomic E-state index is 0.00552. The van der Waals surface area contributed by atoms with Crippen LogP contribution in [0.3, 0.4) is 0 Å². The summed E-state index contributed by atoms with van der Waals surface area (Å²) in [5.74, 6) is -0.959. The van der Waals surface area contributed by atoms with Crippen molar-refractivity contribution in [1.82, 2.24) is 10.2 Å². The largest absolute Gasteiger partial charge is 0.354 e. The Morgan fingerprint density at radius 2 is 1.39 bits per heavy atom. The number of nitrogens with zero attached hydrogens (tertiary/aromatic N) is 2. The zero-order valence-electron chi connectivity index (χ0n) is 25.2. The van der Waals surface area contributed by atoms with Gasteiger partial charge in [-0.25, -0.2) is 8.42 Å². The first-order valence-electron chi connectivity index (χ1n) is 14.4. The molecule has 0 unspecified atom stereocenters. The summed E-state index contributed by atoms with van der Waals surface area (Å²) < 4.78 is 29.2. The summed E-state index contributed by atoms with van der Waals surface area (Å²) in [4.78, 5) is 29.7. The number of hydrogen-bond donors (Lipinski definition) is 1. The number of anilines is 1. The first kappa shape index (κ1) is 35.6. The maximum Gasteiger partial charge on any atom is 0.264 e. The Morgan fingerprint density at radius 3 is 2.00 bits per heavy atom. The number of amides is 2. The molecule has 0 heterocycles. The van der Waals surface area contributed by atoms with Crippen LogP contribution in [0.2, 0.25) is 20.1 Å². The molecule has 4 aromatic rings. The van der Waals surface area contributed by atoms with Crippen LogP contribution in [0.1, 0.15) is 25.0 Å². The molecule has 4 rings (SSSR count). The van der Waals surface area contributed by atoms with E-state index in [1.54, 1.807) is 36.4 Å². The van der Waals surface area contributed by atoms with Crippen LogP contribution < -0.4 is 9.62 Å². The summed E-state index contributed by atoms with van der Waals surface area (Å²) in [7, 11) is -4.35. The van der Waals surface area contributed by atoms with Gasteiger partial charge in [0.1, 0.15) is 12.6 Å². The quantitative estimate of drug-likeness (QED) is 0.152. The van der Waals surface area contributed by atoms with Crippen molar-refractivity contribution < 1.29 is 18.0 Å². The van der Waals surface area contributed by atoms with Gasteiger partial charge < -0.3 is 10.2 Å². The standard InChI is InChI=1S/C34H33Cl4N3O4S/c1-23(2)20-39-34(43)32(18-24-10-5-3-6-11-24)40(21-27-28(36)14-9-15-29(27)37)33(42)22-41(31-19-25(35)16-17-30(31)38)46(44,45)26-12-7-4-8-13-26/h3-17,19,23,32H,18,20-22H2,1-2H3,(H,39,43)/t32-/m1/s1. The van der Waals surface area contributed by atoms with Gasteiger partial charge in [-0.1, -0.05) is 115 Å². The molecular weight excluding hydrogens is 688 g/mol. The smallest absolute Gasteiger partial charge is 0.264 e. The Morgan fingerprint density at radius 1 is 0.783 bits per heavy atom. The number of carbonyl (C=O) groups excluding carboxylic acids is 2. The van der Waals surface area contributed by atoms with Crippen LogP contribution in [-0.4, -0.2) is 44.3 Å². The number of rotatable bonds is 13. The van der Waals surface area contributed by atoms with E-state index in [1.807, 2.05) is 44.2 Å². The molecule has 7 nitrogen and oxygen atoms in total. The van der Waals surface area contributed by atoms with E-state index in [1.165, 1.54) is 35.2 Å². The number of carbonyl (C=O) groups is 2. The van der Waals surface area contributed by atoms with Crippen LogP contribution in [0.5, 0.6) is 0 Å². The third kappa shape index (κ3) is 8.96. The monoisotopic (exact) mass is 719 g/mol. The van der Waals surface area contributed by atoms with Gasteiger partial charge >= 0.3 is 0 Å². The highest BCUT2D eigenvalue weighted by Crippen LogP contribution is 2.34. The number of halogens is 4. The maximum atomic E-state index is 14.6. The molecule has 12 heteroatoms. The fourth-order valence-electron chi connectivity index (χ4n) is 4.74. The van der Waals surface area contributed by atoms with E-state index in [0.717, 1.165) is 9.87 Å². The number of hydrogen-bond acceptors (Lipinski definition) is 4. The summed E-state index contributed by atoms with van der Waals surface area (Å²) >= 11 is 25.9. The molecule has 0 fully saturated rings. The van der Waals surface area contributed by atoms with Gasteiger partial charge in [0.25, 0.3) is 10.0 Å². The normalized spacial score (nSPS) is 12.1. The Labute approximate surface area is 290 Å². The SMILES string of the molecule is CC(C)CNC(=O)[C@@H](Cc1ccccc1)N(Cc1c(Cl)cccc1Cl)C(=O)CN(c1cc(Cl)ccc1Cl)S(=O)(=O)c1ccccc1. The first-order chi connectivity index (χ1) is 21.9. The van der Waals surface area contributed by atoms with Crippen molar-refractivity contribution in [2.24, 2.45) is 5.92 Å². The lowest BCUT2D eigenvalue weighted by Gasteiger charge is -2.34. The van der Waals surface area contributed by atoms with E-state index in [0.29, 0.717) is 12.1 Å². The van der Waals surface area contributed by atoms with E-state index in [9.17, 15) is 18.0 Å². The van der Waals surface area contributed by atoms with Crippen molar-refractivity contribution in [2.75, 3.05) is 17.4 Å². The van der Waals surface area contributed by atoms with Crippen molar-refractivity contribution in [2.45, 2.75) is 37.8 Å². The summed E-state index contributed by atoms with van der Waals surface area (Å²) in [5, 5.41) is 3.80. The van der Waals surface area contributed by atoms with Gasteiger partial charge in [-0.2, -0.15) is 0 Å². The average molecular weight is 722 g/mol. The summed E-state index contributed by atoms with van der Waals surface area (Å²) in [6.45, 7) is 3.40. The summed E-state index contributed by atoms with van der Waals surface area (Å²) in [6.07, 6.45) is 0.141. The fraction of sp³-hybridized carbons (Fsp3) is 0.235. The van der Waals surface area contributed by atoms with Gasteiger partial charge in [0.2, 0.25) is 11.8 Å². The van der Waals surface area contributed by atoms with E-state index in [2.05, 4.69) is 5.32 Å². The fourth-order valence-corrected chi connectivity index (χ4v) is 7.14. The van der Waals surface area contributed by atoms with Gasteiger partial charge in [0.15, 0.2) is 0 Å². The Kier molecular flexibility index (Phi) is 12.4. The van der Waals surface area contributed by atoms with E-state index < -0.39 is 34.4 Å². The zero-order chi connectivity index (χ0) is 33.4. The van der Waals surface area contributed by atoms with E-state index in [4.69, 9.17) is 46.4 Å². The highest BCUT2D eigenvalue weighted by Gasteiger charge is 2.36. The minimum atomic E-state index is -4.35. The molecule has 0 radical (unpaired) electrons. The minimum Gasteiger partial charge on any atom is -0.354 e. The molecule has 2 amide bonds. The average Bonchev–Trinajstić information content (AvgIpc) is 3.03. The number of sulfonamides is 1. The predicted octanol–water partition coefficient (Wildman–Crippen LogP) is 7.91. The summed E-state index contributed by atoms with van der Waals surface area (Å²) in [5.41, 5.74) is 1.21. The second-order valence-corrected chi connectivity index (χ2v) is 14.5. The molecule has 0 saturated carbocycles. The lowest BCUT2D eigenvalue weighted by Crippen LogP contribution is -2.53. The van der Waals surface area contributed by atoms with Gasteiger partial charge in [-0.15, -0.1) is 0 Å². The van der Waals surface area contributed by atoms with Crippen molar-refractivity contribution in [3.05, 3.63) is 128 Å². The van der Waals surface area contributed by atoms with Gasteiger partial charge in [0, 0.05) is 40.1 Å². The third-order valence-electron chi connectivity index (χ3n) is 7.13. The lowest BCUT2D eigenvalue weighted by molar-refractivity contribution is -0.140. The van der Waals surface area contributed by atoms with Gasteiger partial charge in [0.05, 0.1) is 15.6 Å². The van der Waals surface area contributed by atoms with Crippen molar-refractivity contribution in [1.29, 1.82) is 0 Å². The molecule has 1 atom stereocenters. The Balaban J connectivity index is 1.86. The second-order valence-electron chi connectivity index (χ2n) is 11.0. The third-order valence-corrected chi connectivity index (χ3v) is 10.2. The van der Waals surface area contributed by atoms with E-state index in [-0.39, 0.29) is 49.6 Å². The van der Waals surface area contributed by atoms with Crippen LogP contribution in [0.25, 0.3) is 0 Å². The molecule has 0 aliphatic heterocycles. The molecule has 242 valence electrons. The number of benzene rings is 4. The molecule has 0 spiro atoms. The van der Waals surface area contributed by atoms with E-state index >= 15 is 0 Å². The Bertz CT molecular complexity index is 1750. The van der Waals surface area contributed by atoms with Crippen LogP contribution in [-0.2, 0) is 32.6 Å². The molecule has 1 N–H and O–H groups in total. The second kappa shape index (κ2) is 16.0.